The maximum Gasteiger partial charge on any atom is 0.338 e. The lowest BCUT2D eigenvalue weighted by molar-refractivity contribution is 0.0692. The Labute approximate surface area is 114 Å². The summed E-state index contributed by atoms with van der Waals surface area (Å²) in [4.78, 5) is 22.6. The zero-order valence-corrected chi connectivity index (χ0v) is 10.5. The van der Waals surface area contributed by atoms with E-state index in [0.29, 0.717) is 5.56 Å². The third-order valence-corrected chi connectivity index (χ3v) is 2.76. The highest BCUT2D eigenvalue weighted by Crippen LogP contribution is 2.18. The molecule has 0 atom stereocenters. The van der Waals surface area contributed by atoms with Gasteiger partial charge in [0.05, 0.1) is 17.8 Å². The fourth-order valence-corrected chi connectivity index (χ4v) is 1.74. The zero-order valence-electron chi connectivity index (χ0n) is 10.5. The molecule has 2 N–H and O–H groups in total. The van der Waals surface area contributed by atoms with Gasteiger partial charge in [-0.1, -0.05) is 36.4 Å². The SMILES string of the molecule is O=C(CNc1cccc(C(=O)O)c1F)c1ccccc1. The van der Waals surface area contributed by atoms with Gasteiger partial charge in [0, 0.05) is 5.56 Å². The lowest BCUT2D eigenvalue weighted by Crippen LogP contribution is -2.15. The number of benzene rings is 2. The van der Waals surface area contributed by atoms with Crippen LogP contribution in [0.3, 0.4) is 0 Å². The van der Waals surface area contributed by atoms with Crippen LogP contribution in [0.2, 0.25) is 0 Å². The number of halogens is 1. The van der Waals surface area contributed by atoms with Crippen LogP contribution in [0.15, 0.2) is 48.5 Å². The number of carboxylic acids is 1. The summed E-state index contributed by atoms with van der Waals surface area (Å²) in [6, 6.07) is 12.6. The van der Waals surface area contributed by atoms with Crippen LogP contribution in [0.25, 0.3) is 0 Å². The summed E-state index contributed by atoms with van der Waals surface area (Å²) in [5.41, 5.74) is 0.0751. The lowest BCUT2D eigenvalue weighted by atomic mass is 10.1. The summed E-state index contributed by atoms with van der Waals surface area (Å²) < 4.78 is 13.8. The molecule has 0 aliphatic heterocycles. The topological polar surface area (TPSA) is 66.4 Å². The predicted octanol–water partition coefficient (Wildman–Crippen LogP) is 2.82. The van der Waals surface area contributed by atoms with Gasteiger partial charge in [-0.2, -0.15) is 0 Å². The Bertz CT molecular complexity index is 641. The molecule has 0 aliphatic rings. The van der Waals surface area contributed by atoms with E-state index < -0.39 is 17.3 Å². The van der Waals surface area contributed by atoms with Gasteiger partial charge in [0.25, 0.3) is 0 Å². The van der Waals surface area contributed by atoms with Gasteiger partial charge in [-0.3, -0.25) is 4.79 Å². The highest BCUT2D eigenvalue weighted by molar-refractivity contribution is 5.99. The molecular weight excluding hydrogens is 261 g/mol. The average Bonchev–Trinajstić information content (AvgIpc) is 2.46. The number of hydrogen-bond acceptors (Lipinski definition) is 3. The van der Waals surface area contributed by atoms with Crippen LogP contribution in [0.4, 0.5) is 10.1 Å². The minimum atomic E-state index is -1.35. The fourth-order valence-electron chi connectivity index (χ4n) is 1.74. The molecule has 0 amide bonds. The van der Waals surface area contributed by atoms with E-state index in [1.165, 1.54) is 18.2 Å². The van der Waals surface area contributed by atoms with Crippen LogP contribution in [0.5, 0.6) is 0 Å². The molecule has 2 aromatic rings. The Balaban J connectivity index is 2.10. The number of hydrogen-bond donors (Lipinski definition) is 2. The van der Waals surface area contributed by atoms with Gasteiger partial charge in [0.2, 0.25) is 0 Å². The summed E-state index contributed by atoms with van der Waals surface area (Å²) >= 11 is 0. The fraction of sp³-hybridized carbons (Fsp3) is 0.0667. The van der Waals surface area contributed by atoms with Crippen LogP contribution < -0.4 is 5.32 Å². The van der Waals surface area contributed by atoms with Crippen molar-refractivity contribution in [1.29, 1.82) is 0 Å². The second kappa shape index (κ2) is 5.97. The highest BCUT2D eigenvalue weighted by Gasteiger charge is 2.14. The van der Waals surface area contributed by atoms with E-state index in [1.54, 1.807) is 30.3 Å². The van der Waals surface area contributed by atoms with Crippen LogP contribution in [0, 0.1) is 5.82 Å². The molecule has 0 radical (unpaired) electrons. The Kier molecular flexibility index (Phi) is 4.10. The lowest BCUT2D eigenvalue weighted by Gasteiger charge is -2.08. The van der Waals surface area contributed by atoms with E-state index in [4.69, 9.17) is 5.11 Å². The molecule has 0 spiro atoms. The van der Waals surface area contributed by atoms with Crippen molar-refractivity contribution >= 4 is 17.4 Å². The van der Waals surface area contributed by atoms with Crippen LogP contribution in [0.1, 0.15) is 20.7 Å². The number of anilines is 1. The van der Waals surface area contributed by atoms with Gasteiger partial charge in [0.1, 0.15) is 0 Å². The van der Waals surface area contributed by atoms with Crippen LogP contribution >= 0.6 is 0 Å². The molecule has 2 aromatic carbocycles. The van der Waals surface area contributed by atoms with Crippen molar-refractivity contribution in [2.45, 2.75) is 0 Å². The maximum absolute atomic E-state index is 13.8. The van der Waals surface area contributed by atoms with Gasteiger partial charge in [-0.15, -0.1) is 0 Å². The molecule has 2 rings (SSSR count). The summed E-state index contributed by atoms with van der Waals surface area (Å²) in [5, 5.41) is 11.4. The average molecular weight is 273 g/mol. The standard InChI is InChI=1S/C15H12FNO3/c16-14-11(15(19)20)7-4-8-12(14)17-9-13(18)10-5-2-1-3-6-10/h1-8,17H,9H2,(H,19,20). The molecule has 0 saturated carbocycles. The molecule has 5 heteroatoms. The van der Waals surface area contributed by atoms with E-state index in [2.05, 4.69) is 5.32 Å². The first-order chi connectivity index (χ1) is 9.59. The number of rotatable bonds is 5. The predicted molar refractivity (Wildman–Crippen MR) is 72.6 cm³/mol. The highest BCUT2D eigenvalue weighted by atomic mass is 19.1. The summed E-state index contributed by atoms with van der Waals surface area (Å²) in [7, 11) is 0. The van der Waals surface area contributed by atoms with E-state index in [9.17, 15) is 14.0 Å². The Hall–Kier alpha value is -2.69. The normalized spacial score (nSPS) is 10.1. The number of carbonyl (C=O) groups is 2. The van der Waals surface area contributed by atoms with Crippen molar-refractivity contribution in [3.63, 3.8) is 0 Å². The minimum absolute atomic E-state index is 0.00539. The number of carbonyl (C=O) groups excluding carboxylic acids is 1. The van der Waals surface area contributed by atoms with Gasteiger partial charge >= 0.3 is 5.97 Å². The third-order valence-electron chi connectivity index (χ3n) is 2.76. The first kappa shape index (κ1) is 13.7. The number of nitrogens with one attached hydrogen (secondary N) is 1. The number of Topliss-reactive ketones (excluding diaryl/α,β-unsaturated/α-hetero) is 1. The van der Waals surface area contributed by atoms with Crippen molar-refractivity contribution in [2.75, 3.05) is 11.9 Å². The smallest absolute Gasteiger partial charge is 0.338 e. The molecule has 0 bridgehead atoms. The Morgan fingerprint density at radius 3 is 2.40 bits per heavy atom. The quantitative estimate of drug-likeness (QED) is 0.822. The molecule has 0 aromatic heterocycles. The summed E-state index contributed by atoms with van der Waals surface area (Å²) in [6.07, 6.45) is 0. The second-order valence-electron chi connectivity index (χ2n) is 4.12. The zero-order chi connectivity index (χ0) is 14.5. The Morgan fingerprint density at radius 1 is 1.05 bits per heavy atom. The van der Waals surface area contributed by atoms with Gasteiger partial charge in [0.15, 0.2) is 11.6 Å². The molecule has 0 unspecified atom stereocenters. The molecule has 102 valence electrons. The van der Waals surface area contributed by atoms with Crippen molar-refractivity contribution in [3.8, 4) is 0 Å². The van der Waals surface area contributed by atoms with Crippen molar-refractivity contribution in [2.24, 2.45) is 0 Å². The van der Waals surface area contributed by atoms with E-state index in [0.717, 1.165) is 0 Å². The summed E-state index contributed by atoms with van der Waals surface area (Å²) in [6.45, 7) is -0.107. The molecule has 0 heterocycles. The van der Waals surface area contributed by atoms with Crippen molar-refractivity contribution in [1.82, 2.24) is 0 Å². The third kappa shape index (κ3) is 3.00. The molecule has 0 saturated heterocycles. The molecule has 0 aliphatic carbocycles. The molecule has 4 nitrogen and oxygen atoms in total. The Morgan fingerprint density at radius 2 is 1.75 bits per heavy atom. The van der Waals surface area contributed by atoms with Gasteiger partial charge in [-0.25, -0.2) is 9.18 Å². The molecule has 0 fully saturated rings. The van der Waals surface area contributed by atoms with Gasteiger partial charge < -0.3 is 10.4 Å². The summed E-state index contributed by atoms with van der Waals surface area (Å²) in [5.74, 6) is -2.42. The number of ketones is 1. The molecule has 20 heavy (non-hydrogen) atoms. The maximum atomic E-state index is 13.8. The van der Waals surface area contributed by atoms with E-state index in [-0.39, 0.29) is 18.0 Å². The van der Waals surface area contributed by atoms with Gasteiger partial charge in [-0.05, 0) is 12.1 Å². The van der Waals surface area contributed by atoms with E-state index >= 15 is 0 Å². The number of carboxylic acid groups (broad SMARTS) is 1. The van der Waals surface area contributed by atoms with Crippen LogP contribution in [-0.2, 0) is 0 Å². The van der Waals surface area contributed by atoms with Crippen LogP contribution in [-0.4, -0.2) is 23.4 Å². The number of aromatic carboxylic acids is 1. The van der Waals surface area contributed by atoms with Crippen molar-refractivity contribution in [3.05, 3.63) is 65.5 Å². The van der Waals surface area contributed by atoms with Crippen molar-refractivity contribution < 1.29 is 19.1 Å². The monoisotopic (exact) mass is 273 g/mol. The second-order valence-corrected chi connectivity index (χ2v) is 4.12. The first-order valence-corrected chi connectivity index (χ1v) is 5.93. The largest absolute Gasteiger partial charge is 0.478 e. The minimum Gasteiger partial charge on any atom is -0.478 e. The van der Waals surface area contributed by atoms with E-state index in [1.807, 2.05) is 0 Å². The molecular formula is C15H12FNO3. The first-order valence-electron chi connectivity index (χ1n) is 5.93.